The second-order valence-corrected chi connectivity index (χ2v) is 5.41. The van der Waals surface area contributed by atoms with Gasteiger partial charge in [0.25, 0.3) is 0 Å². The topological polar surface area (TPSA) is 41.5 Å². The zero-order valence-electron chi connectivity index (χ0n) is 11.8. The highest BCUT2D eigenvalue weighted by Gasteiger charge is 2.18. The third kappa shape index (κ3) is 4.56. The van der Waals surface area contributed by atoms with Gasteiger partial charge in [-0.3, -0.25) is 0 Å². The first-order chi connectivity index (χ1) is 9.79. The number of para-hydroxylation sites is 1. The third-order valence-corrected chi connectivity index (χ3v) is 3.85. The molecule has 0 atom stereocenters. The Bertz CT molecular complexity index is 445. The number of nitrogens with one attached hydrogen (secondary N) is 1. The number of hydrogen-bond donors (Lipinski definition) is 2. The first-order valence-electron chi connectivity index (χ1n) is 7.32. The lowest BCUT2D eigenvalue weighted by Gasteiger charge is -2.25. The molecule has 2 rings (SSSR count). The van der Waals surface area contributed by atoms with Crippen molar-refractivity contribution in [2.75, 3.05) is 13.2 Å². The molecule has 0 unspecified atom stereocenters. The molecule has 108 valence electrons. The van der Waals surface area contributed by atoms with Crippen molar-refractivity contribution in [1.82, 2.24) is 5.32 Å². The fourth-order valence-corrected chi connectivity index (χ4v) is 2.67. The highest BCUT2D eigenvalue weighted by molar-refractivity contribution is 5.33. The number of benzene rings is 1. The van der Waals surface area contributed by atoms with E-state index in [0.29, 0.717) is 12.5 Å². The van der Waals surface area contributed by atoms with Gasteiger partial charge < -0.3 is 15.2 Å². The summed E-state index contributed by atoms with van der Waals surface area (Å²) in [5, 5.41) is 13.0. The third-order valence-electron chi connectivity index (χ3n) is 3.85. The average Bonchev–Trinajstić information content (AvgIpc) is 2.48. The van der Waals surface area contributed by atoms with Gasteiger partial charge >= 0.3 is 0 Å². The van der Waals surface area contributed by atoms with Crippen molar-refractivity contribution in [3.63, 3.8) is 0 Å². The molecule has 3 heteroatoms. The molecule has 1 aromatic rings. The number of rotatable bonds is 6. The summed E-state index contributed by atoms with van der Waals surface area (Å²) in [6, 6.07) is 7.98. The van der Waals surface area contributed by atoms with Crippen LogP contribution in [0.2, 0.25) is 0 Å². The van der Waals surface area contributed by atoms with Crippen molar-refractivity contribution in [3.05, 3.63) is 29.8 Å². The summed E-state index contributed by atoms with van der Waals surface area (Å²) in [6.07, 6.45) is 9.25. The van der Waals surface area contributed by atoms with Crippen LogP contribution in [0.5, 0.6) is 5.75 Å². The minimum atomic E-state index is -0.0795. The molecule has 0 aliphatic heterocycles. The highest BCUT2D eigenvalue weighted by Crippen LogP contribution is 2.24. The Balaban J connectivity index is 1.77. The Labute approximate surface area is 121 Å². The van der Waals surface area contributed by atoms with E-state index in [1.165, 1.54) is 0 Å². The lowest BCUT2D eigenvalue weighted by atomic mass is 9.87. The second-order valence-electron chi connectivity index (χ2n) is 5.41. The summed E-state index contributed by atoms with van der Waals surface area (Å²) >= 11 is 0. The normalized spacial score (nSPS) is 22.2. The molecule has 1 aromatic carbocycles. The zero-order chi connectivity index (χ0) is 14.2. The van der Waals surface area contributed by atoms with E-state index < -0.39 is 0 Å². The van der Waals surface area contributed by atoms with E-state index in [0.717, 1.165) is 50.1 Å². The summed E-state index contributed by atoms with van der Waals surface area (Å²) in [7, 11) is 0. The largest absolute Gasteiger partial charge is 0.481 e. The molecule has 3 nitrogen and oxygen atoms in total. The number of terminal acetylenes is 1. The maximum Gasteiger partial charge on any atom is 0.148 e. The van der Waals surface area contributed by atoms with Crippen LogP contribution < -0.4 is 10.1 Å². The molecule has 20 heavy (non-hydrogen) atoms. The summed E-state index contributed by atoms with van der Waals surface area (Å²) in [6.45, 7) is 2.09. The van der Waals surface area contributed by atoms with E-state index in [-0.39, 0.29) is 6.10 Å². The van der Waals surface area contributed by atoms with E-state index in [2.05, 4.69) is 17.3 Å². The smallest absolute Gasteiger partial charge is 0.148 e. The molecular formula is C17H23NO2. The first-order valence-corrected chi connectivity index (χ1v) is 7.32. The van der Waals surface area contributed by atoms with Gasteiger partial charge in [-0.1, -0.05) is 24.1 Å². The van der Waals surface area contributed by atoms with Crippen LogP contribution in [0.25, 0.3) is 0 Å². The number of ether oxygens (including phenoxy) is 1. The van der Waals surface area contributed by atoms with Crippen LogP contribution in [0.15, 0.2) is 24.3 Å². The van der Waals surface area contributed by atoms with Gasteiger partial charge in [-0.2, -0.15) is 0 Å². The van der Waals surface area contributed by atoms with Crippen molar-refractivity contribution in [2.24, 2.45) is 5.92 Å². The van der Waals surface area contributed by atoms with E-state index in [9.17, 15) is 5.11 Å². The van der Waals surface area contributed by atoms with Gasteiger partial charge in [-0.15, -0.1) is 6.42 Å². The molecule has 0 heterocycles. The van der Waals surface area contributed by atoms with Crippen molar-refractivity contribution < 1.29 is 9.84 Å². The van der Waals surface area contributed by atoms with Crippen LogP contribution in [-0.4, -0.2) is 24.4 Å². The lowest BCUT2D eigenvalue weighted by Crippen LogP contribution is -2.27. The maximum atomic E-state index is 9.50. The van der Waals surface area contributed by atoms with Crippen LogP contribution in [0.3, 0.4) is 0 Å². The molecule has 1 aliphatic carbocycles. The van der Waals surface area contributed by atoms with Gasteiger partial charge in [-0.05, 0) is 44.2 Å². The summed E-state index contributed by atoms with van der Waals surface area (Å²) in [4.78, 5) is 0. The minimum Gasteiger partial charge on any atom is -0.481 e. The Morgan fingerprint density at radius 2 is 2.00 bits per heavy atom. The standard InChI is InChI=1S/C17H23NO2/c1-2-11-20-17-6-4-3-5-15(17)13-18-12-14-7-9-16(19)10-8-14/h1,3-6,14,16,18-19H,7-13H2. The fourth-order valence-electron chi connectivity index (χ4n) is 2.67. The molecule has 0 saturated heterocycles. The van der Waals surface area contributed by atoms with E-state index in [1.807, 2.05) is 18.2 Å². The molecule has 0 aromatic heterocycles. The Morgan fingerprint density at radius 3 is 2.75 bits per heavy atom. The quantitative estimate of drug-likeness (QED) is 0.782. The number of aliphatic hydroxyl groups is 1. The van der Waals surface area contributed by atoms with E-state index >= 15 is 0 Å². The van der Waals surface area contributed by atoms with Gasteiger partial charge in [0.2, 0.25) is 0 Å². The molecule has 0 amide bonds. The van der Waals surface area contributed by atoms with Crippen molar-refractivity contribution in [3.8, 4) is 18.1 Å². The predicted octanol–water partition coefficient (Wildman–Crippen LogP) is 2.34. The molecule has 0 radical (unpaired) electrons. The SMILES string of the molecule is C#CCOc1ccccc1CNCC1CCC(O)CC1. The predicted molar refractivity (Wildman–Crippen MR) is 80.4 cm³/mol. The molecule has 2 N–H and O–H groups in total. The minimum absolute atomic E-state index is 0.0795. The van der Waals surface area contributed by atoms with E-state index in [1.54, 1.807) is 0 Å². The Kier molecular flexibility index (Phi) is 5.91. The van der Waals surface area contributed by atoms with Crippen molar-refractivity contribution in [1.29, 1.82) is 0 Å². The molecule has 0 bridgehead atoms. The summed E-state index contributed by atoms with van der Waals surface area (Å²) < 4.78 is 5.53. The lowest BCUT2D eigenvalue weighted by molar-refractivity contribution is 0.108. The van der Waals surface area contributed by atoms with Crippen LogP contribution >= 0.6 is 0 Å². The summed E-state index contributed by atoms with van der Waals surface area (Å²) in [5.41, 5.74) is 1.14. The van der Waals surface area contributed by atoms with Gasteiger partial charge in [0.05, 0.1) is 6.10 Å². The zero-order valence-corrected chi connectivity index (χ0v) is 11.8. The number of aliphatic hydroxyl groups excluding tert-OH is 1. The van der Waals surface area contributed by atoms with Gasteiger partial charge in [0.1, 0.15) is 12.4 Å². The van der Waals surface area contributed by atoms with Crippen LogP contribution in [0.4, 0.5) is 0 Å². The molecule has 1 saturated carbocycles. The maximum absolute atomic E-state index is 9.50. The number of hydrogen-bond acceptors (Lipinski definition) is 3. The van der Waals surface area contributed by atoms with Crippen LogP contribution in [0.1, 0.15) is 31.2 Å². The fraction of sp³-hybridized carbons (Fsp3) is 0.529. The second kappa shape index (κ2) is 7.94. The summed E-state index contributed by atoms with van der Waals surface area (Å²) in [5.74, 6) is 4.03. The molecule has 0 spiro atoms. The Morgan fingerprint density at radius 1 is 1.25 bits per heavy atom. The van der Waals surface area contributed by atoms with Gasteiger partial charge in [-0.25, -0.2) is 0 Å². The van der Waals surface area contributed by atoms with Crippen LogP contribution in [-0.2, 0) is 6.54 Å². The van der Waals surface area contributed by atoms with Crippen molar-refractivity contribution in [2.45, 2.75) is 38.3 Å². The molecule has 1 fully saturated rings. The molecular weight excluding hydrogens is 250 g/mol. The average molecular weight is 273 g/mol. The highest BCUT2D eigenvalue weighted by atomic mass is 16.5. The first kappa shape index (κ1) is 14.9. The van der Waals surface area contributed by atoms with E-state index in [4.69, 9.17) is 11.2 Å². The van der Waals surface area contributed by atoms with Crippen LogP contribution in [0, 0.1) is 18.3 Å². The molecule has 1 aliphatic rings. The van der Waals surface area contributed by atoms with Gasteiger partial charge in [0, 0.05) is 12.1 Å². The monoisotopic (exact) mass is 273 g/mol. The van der Waals surface area contributed by atoms with Gasteiger partial charge in [0.15, 0.2) is 0 Å². The van der Waals surface area contributed by atoms with Crippen molar-refractivity contribution >= 4 is 0 Å². The Hall–Kier alpha value is -1.50.